The molecule has 0 aromatic carbocycles. The average molecular weight is 243 g/mol. The van der Waals surface area contributed by atoms with Crippen molar-refractivity contribution in [3.63, 3.8) is 0 Å². The van der Waals surface area contributed by atoms with E-state index in [2.05, 4.69) is 20.6 Å². The molecule has 0 bridgehead atoms. The van der Waals surface area contributed by atoms with Crippen LogP contribution in [-0.2, 0) is 11.2 Å². The lowest BCUT2D eigenvalue weighted by atomic mass is 10.2. The number of hydrogen-bond donors (Lipinski definition) is 2. The molecule has 6 heteroatoms. The molecule has 0 saturated heterocycles. The number of rotatable bonds is 5. The Labute approximate surface area is 99.6 Å². The standard InChI is InChI=1S/C10H15ClN4O/c1-3-7-9(11)14-6-15-10(7)13-5-4-8(16)12-2/h6H,3-5H2,1-2H3,(H,12,16)(H,13,14,15). The van der Waals surface area contributed by atoms with E-state index in [0.29, 0.717) is 23.9 Å². The molecule has 16 heavy (non-hydrogen) atoms. The van der Waals surface area contributed by atoms with E-state index in [9.17, 15) is 4.79 Å². The van der Waals surface area contributed by atoms with Gasteiger partial charge in [0, 0.05) is 25.6 Å². The molecular formula is C10H15ClN4O. The highest BCUT2D eigenvalue weighted by Crippen LogP contribution is 2.19. The van der Waals surface area contributed by atoms with Gasteiger partial charge >= 0.3 is 0 Å². The lowest BCUT2D eigenvalue weighted by Gasteiger charge is -2.09. The first-order valence-electron chi connectivity index (χ1n) is 5.12. The topological polar surface area (TPSA) is 66.9 Å². The van der Waals surface area contributed by atoms with Crippen molar-refractivity contribution < 1.29 is 4.79 Å². The van der Waals surface area contributed by atoms with Gasteiger partial charge < -0.3 is 10.6 Å². The van der Waals surface area contributed by atoms with Gasteiger partial charge in [0.1, 0.15) is 17.3 Å². The van der Waals surface area contributed by atoms with Crippen molar-refractivity contribution in [2.75, 3.05) is 18.9 Å². The minimum absolute atomic E-state index is 0.00861. The minimum Gasteiger partial charge on any atom is -0.369 e. The third-order valence-corrected chi connectivity index (χ3v) is 2.50. The summed E-state index contributed by atoms with van der Waals surface area (Å²) in [6, 6.07) is 0. The fraction of sp³-hybridized carbons (Fsp3) is 0.500. The molecular weight excluding hydrogens is 228 g/mol. The van der Waals surface area contributed by atoms with E-state index in [1.54, 1.807) is 7.05 Å². The van der Waals surface area contributed by atoms with Gasteiger partial charge in [-0.2, -0.15) is 0 Å². The van der Waals surface area contributed by atoms with Crippen LogP contribution in [0.3, 0.4) is 0 Å². The Kier molecular flexibility index (Phi) is 4.98. The third-order valence-electron chi connectivity index (χ3n) is 2.17. The number of amides is 1. The van der Waals surface area contributed by atoms with Crippen LogP contribution < -0.4 is 10.6 Å². The van der Waals surface area contributed by atoms with Gasteiger partial charge in [-0.15, -0.1) is 0 Å². The van der Waals surface area contributed by atoms with Crippen molar-refractivity contribution in [1.29, 1.82) is 0 Å². The molecule has 0 unspecified atom stereocenters. The molecule has 0 fully saturated rings. The molecule has 1 aromatic heterocycles. The Bertz CT molecular complexity index is 370. The molecule has 1 amide bonds. The molecule has 0 saturated carbocycles. The van der Waals surface area contributed by atoms with Crippen LogP contribution in [0, 0.1) is 0 Å². The number of nitrogens with one attached hydrogen (secondary N) is 2. The molecule has 0 radical (unpaired) electrons. The molecule has 0 aliphatic carbocycles. The van der Waals surface area contributed by atoms with Gasteiger partial charge in [-0.3, -0.25) is 4.79 Å². The first-order chi connectivity index (χ1) is 7.69. The zero-order valence-corrected chi connectivity index (χ0v) is 10.1. The second-order valence-corrected chi connectivity index (χ2v) is 3.55. The van der Waals surface area contributed by atoms with Gasteiger partial charge in [-0.05, 0) is 6.42 Å². The number of aromatic nitrogens is 2. The second kappa shape index (κ2) is 6.27. The number of hydrogen-bond acceptors (Lipinski definition) is 4. The normalized spacial score (nSPS) is 9.94. The Morgan fingerprint density at radius 2 is 2.25 bits per heavy atom. The quantitative estimate of drug-likeness (QED) is 0.763. The van der Waals surface area contributed by atoms with Gasteiger partial charge in [0.25, 0.3) is 0 Å². The SMILES string of the molecule is CCc1c(Cl)ncnc1NCCC(=O)NC. The van der Waals surface area contributed by atoms with E-state index in [-0.39, 0.29) is 5.91 Å². The van der Waals surface area contributed by atoms with E-state index in [1.807, 2.05) is 6.92 Å². The van der Waals surface area contributed by atoms with Crippen LogP contribution in [0.25, 0.3) is 0 Å². The minimum atomic E-state index is -0.00861. The van der Waals surface area contributed by atoms with Gasteiger partial charge in [-0.1, -0.05) is 18.5 Å². The van der Waals surface area contributed by atoms with E-state index in [4.69, 9.17) is 11.6 Å². The maximum absolute atomic E-state index is 11.0. The average Bonchev–Trinajstić information content (AvgIpc) is 2.29. The Hall–Kier alpha value is -1.36. The Morgan fingerprint density at radius 1 is 1.50 bits per heavy atom. The van der Waals surface area contributed by atoms with Crippen molar-refractivity contribution in [3.05, 3.63) is 17.0 Å². The monoisotopic (exact) mass is 242 g/mol. The van der Waals surface area contributed by atoms with Crippen LogP contribution in [0.15, 0.2) is 6.33 Å². The number of nitrogens with zero attached hydrogens (tertiary/aromatic N) is 2. The number of halogens is 1. The Balaban J connectivity index is 2.60. The lowest BCUT2D eigenvalue weighted by molar-refractivity contribution is -0.120. The predicted octanol–water partition coefficient (Wildman–Crippen LogP) is 1.24. The number of carbonyl (C=O) groups is 1. The third kappa shape index (κ3) is 3.34. The first-order valence-corrected chi connectivity index (χ1v) is 5.50. The summed E-state index contributed by atoms with van der Waals surface area (Å²) in [4.78, 5) is 19.0. The summed E-state index contributed by atoms with van der Waals surface area (Å²) < 4.78 is 0. The highest BCUT2D eigenvalue weighted by molar-refractivity contribution is 6.30. The van der Waals surface area contributed by atoms with Gasteiger partial charge in [-0.25, -0.2) is 9.97 Å². The van der Waals surface area contributed by atoms with E-state index >= 15 is 0 Å². The molecule has 88 valence electrons. The van der Waals surface area contributed by atoms with Crippen LogP contribution in [0.4, 0.5) is 5.82 Å². The van der Waals surface area contributed by atoms with Crippen LogP contribution in [0.1, 0.15) is 18.9 Å². The van der Waals surface area contributed by atoms with Crippen LogP contribution >= 0.6 is 11.6 Å². The summed E-state index contributed by atoms with van der Waals surface area (Å²) in [6.45, 7) is 2.51. The van der Waals surface area contributed by atoms with E-state index < -0.39 is 0 Å². The van der Waals surface area contributed by atoms with E-state index in [0.717, 1.165) is 12.0 Å². The Morgan fingerprint density at radius 3 is 2.88 bits per heavy atom. The van der Waals surface area contributed by atoms with Gasteiger partial charge in [0.2, 0.25) is 5.91 Å². The van der Waals surface area contributed by atoms with Crippen LogP contribution in [0.2, 0.25) is 5.15 Å². The molecule has 1 rings (SSSR count). The molecule has 0 atom stereocenters. The number of carbonyl (C=O) groups excluding carboxylic acids is 1. The highest BCUT2D eigenvalue weighted by Gasteiger charge is 2.07. The highest BCUT2D eigenvalue weighted by atomic mass is 35.5. The fourth-order valence-electron chi connectivity index (χ4n) is 1.28. The zero-order valence-electron chi connectivity index (χ0n) is 9.38. The van der Waals surface area contributed by atoms with Crippen molar-refractivity contribution >= 4 is 23.3 Å². The van der Waals surface area contributed by atoms with Crippen molar-refractivity contribution in [2.24, 2.45) is 0 Å². The number of anilines is 1. The molecule has 1 aromatic rings. The van der Waals surface area contributed by atoms with E-state index in [1.165, 1.54) is 6.33 Å². The summed E-state index contributed by atoms with van der Waals surface area (Å²) in [5, 5.41) is 6.09. The summed E-state index contributed by atoms with van der Waals surface area (Å²) >= 11 is 5.93. The van der Waals surface area contributed by atoms with Crippen molar-refractivity contribution in [3.8, 4) is 0 Å². The molecule has 2 N–H and O–H groups in total. The fourth-order valence-corrected chi connectivity index (χ4v) is 1.54. The summed E-state index contributed by atoms with van der Waals surface area (Å²) in [5.41, 5.74) is 0.876. The maximum Gasteiger partial charge on any atom is 0.221 e. The van der Waals surface area contributed by atoms with Gasteiger partial charge in [0.15, 0.2) is 0 Å². The summed E-state index contributed by atoms with van der Waals surface area (Å²) in [6.07, 6.45) is 2.56. The van der Waals surface area contributed by atoms with Crippen LogP contribution in [0.5, 0.6) is 0 Å². The largest absolute Gasteiger partial charge is 0.369 e. The van der Waals surface area contributed by atoms with Gasteiger partial charge in [0.05, 0.1) is 0 Å². The first kappa shape index (κ1) is 12.7. The summed E-state index contributed by atoms with van der Waals surface area (Å²) in [5.74, 6) is 0.692. The van der Waals surface area contributed by atoms with Crippen LogP contribution in [-0.4, -0.2) is 29.5 Å². The van der Waals surface area contributed by atoms with Crippen molar-refractivity contribution in [2.45, 2.75) is 19.8 Å². The predicted molar refractivity (Wildman–Crippen MR) is 63.6 cm³/mol. The van der Waals surface area contributed by atoms with Crippen molar-refractivity contribution in [1.82, 2.24) is 15.3 Å². The molecule has 0 aliphatic heterocycles. The lowest BCUT2D eigenvalue weighted by Crippen LogP contribution is -2.21. The smallest absolute Gasteiger partial charge is 0.221 e. The molecule has 0 spiro atoms. The zero-order chi connectivity index (χ0) is 12.0. The molecule has 1 heterocycles. The maximum atomic E-state index is 11.0. The molecule has 0 aliphatic rings. The summed E-state index contributed by atoms with van der Waals surface area (Å²) in [7, 11) is 1.61. The molecule has 5 nitrogen and oxygen atoms in total. The second-order valence-electron chi connectivity index (χ2n) is 3.20.